The molecule has 714 valence electrons. The third-order valence-corrected chi connectivity index (χ3v) is 27.4. The topological polar surface area (TPSA) is 225 Å². The molecule has 0 saturated carbocycles. The molecule has 18 aromatic rings. The standard InChI is InChI=1S/3C38H38N5OS.3Pt/c1-23-17-19-39-24(2)34(23)43(32-16-11-18-40-42-32)27-13-9-12-25(20-27)28-14-10-15-31-33(28)41-36(45-31)29-21-26(37(3,4)5)22-30(35(29)44)38(6,7)8;1-23-15-18-40-24(2)34(23)43(32-16-17-39-22-41-32)27-12-9-11-25(19-27)28-13-10-14-31-33(28)42-36(45-31)29-20-26(37(3,4)5)21-30(35(29)44)38(6,7)8;1-23-15-16-40-24(2)34(23)43(32-22-39-17-18-41-32)27-12-9-11-25(19-27)28-13-10-14-31-33(28)42-36(45-31)29-20-26(37(3,4)5)21-30(35(29)44)38(6,7)8;;;/h9-19,21-22,44H,1-8H3;2*9-18,20-22,44H,1-8H3;;;/q3*-1;;;. The summed E-state index contributed by atoms with van der Waals surface area (Å²) in [6.07, 6.45) is 15.6. The van der Waals surface area contributed by atoms with Gasteiger partial charge in [-0.25, -0.2) is 29.9 Å². The van der Waals surface area contributed by atoms with E-state index in [1.807, 2.05) is 112 Å². The van der Waals surface area contributed by atoms with E-state index in [-0.39, 0.29) is 95.7 Å². The van der Waals surface area contributed by atoms with Gasteiger partial charge in [0.05, 0.1) is 57.0 Å². The fraction of sp³-hybridized carbons (Fsp3) is 0.263. The molecule has 0 bridgehead atoms. The van der Waals surface area contributed by atoms with Crippen LogP contribution < -0.4 is 14.7 Å². The predicted molar refractivity (Wildman–Crippen MR) is 558 cm³/mol. The van der Waals surface area contributed by atoms with Gasteiger partial charge in [-0.05, 0) is 197 Å². The number of aryl methyl sites for hydroxylation is 6. The van der Waals surface area contributed by atoms with Crippen LogP contribution in [0.2, 0.25) is 0 Å². The first-order chi connectivity index (χ1) is 64.0. The van der Waals surface area contributed by atoms with Gasteiger partial charge in [0.2, 0.25) is 0 Å². The third kappa shape index (κ3) is 21.8. The maximum Gasteiger partial charge on any atom is 0.158 e. The summed E-state index contributed by atoms with van der Waals surface area (Å²) in [4.78, 5) is 53.2. The number of pyridine rings is 3. The number of phenolic OH excluding ortho intramolecular Hbond substituents is 3. The Hall–Kier alpha value is -11.8. The Kier molecular flexibility index (Phi) is 31.0. The SMILES string of the molecule is Cc1ccnc(C)c1N(c1[c-]c(-c2cccc3sc(-c4cc(C(C)(C)C)cc(C(C)(C)C)c4O)nc23)ccc1)c1cccnn1.Cc1ccnc(C)c1N(c1[c-]c(-c2cccc3sc(-c4cc(C(C)(C)C)cc(C(C)(C)C)c4O)nc23)ccc1)c1ccncn1.Cc1ccnc(C)c1N(c1[c-]c(-c2cccc3sc(-c4cc(C(C)(C)C)cc(C(C)(C)C)c4O)nc23)ccc1)c1cnccn1.[Pt].[Pt].[Pt]. The number of benzene rings is 9. The van der Waals surface area contributed by atoms with Gasteiger partial charge in [-0.2, -0.15) is 5.10 Å². The van der Waals surface area contributed by atoms with Crippen molar-refractivity contribution in [2.24, 2.45) is 0 Å². The summed E-state index contributed by atoms with van der Waals surface area (Å²) in [7, 11) is 0. The minimum Gasteiger partial charge on any atom is -0.507 e. The largest absolute Gasteiger partial charge is 0.507 e. The first kappa shape index (κ1) is 104. The molecule has 9 aromatic carbocycles. The van der Waals surface area contributed by atoms with Crippen LogP contribution in [0.4, 0.5) is 51.6 Å². The second-order valence-corrected chi connectivity index (χ2v) is 43.6. The Labute approximate surface area is 866 Å². The monoisotopic (exact) mass is 2420 g/mol. The Morgan fingerprint density at radius 1 is 0.297 bits per heavy atom. The number of hydrogen-bond donors (Lipinski definition) is 3. The Balaban J connectivity index is 0.000000173. The van der Waals surface area contributed by atoms with E-state index >= 15 is 0 Å². The van der Waals surface area contributed by atoms with Crippen molar-refractivity contribution in [3.63, 3.8) is 0 Å². The van der Waals surface area contributed by atoms with E-state index < -0.39 is 0 Å². The van der Waals surface area contributed by atoms with E-state index in [4.69, 9.17) is 15.0 Å². The van der Waals surface area contributed by atoms with Crippen molar-refractivity contribution in [2.45, 2.75) is 199 Å². The van der Waals surface area contributed by atoms with Gasteiger partial charge in [0.1, 0.15) is 44.4 Å². The van der Waals surface area contributed by atoms with Crippen LogP contribution in [0.15, 0.2) is 238 Å². The summed E-state index contributed by atoms with van der Waals surface area (Å²) < 4.78 is 3.14. The van der Waals surface area contributed by atoms with E-state index in [0.717, 1.165) is 186 Å². The summed E-state index contributed by atoms with van der Waals surface area (Å²) >= 11 is 4.80. The van der Waals surface area contributed by atoms with Crippen LogP contribution in [0, 0.1) is 59.7 Å². The molecule has 0 amide bonds. The molecule has 0 saturated heterocycles. The quantitative estimate of drug-likeness (QED) is 0.0811. The van der Waals surface area contributed by atoms with Crippen LogP contribution >= 0.6 is 34.0 Å². The Morgan fingerprint density at radius 3 is 0.935 bits per heavy atom. The summed E-state index contributed by atoms with van der Waals surface area (Å²) in [6.45, 7) is 51.3. The molecular weight excluding hydrogens is 2310 g/mol. The molecule has 0 radical (unpaired) electrons. The first-order valence-corrected chi connectivity index (χ1v) is 47.8. The molecule has 3 N–H and O–H groups in total. The molecule has 9 heterocycles. The molecule has 0 spiro atoms. The molecule has 0 atom stereocenters. The molecule has 0 aliphatic carbocycles. The molecule has 24 heteroatoms. The number of phenols is 3. The van der Waals surface area contributed by atoms with Crippen molar-refractivity contribution >= 4 is 116 Å². The van der Waals surface area contributed by atoms with Crippen molar-refractivity contribution in [1.29, 1.82) is 0 Å². The number of aromatic hydroxyl groups is 3. The molecule has 138 heavy (non-hydrogen) atoms. The van der Waals surface area contributed by atoms with Gasteiger partial charge in [-0.3, -0.25) is 19.9 Å². The molecule has 0 unspecified atom stereocenters. The number of rotatable bonds is 15. The minimum atomic E-state index is -0.225. The molecule has 9 aromatic heterocycles. The van der Waals surface area contributed by atoms with E-state index in [9.17, 15) is 15.3 Å². The van der Waals surface area contributed by atoms with Gasteiger partial charge in [0.25, 0.3) is 0 Å². The number of anilines is 9. The average molecular weight is 2420 g/mol. The number of thiazole rings is 3. The van der Waals surface area contributed by atoms with Crippen molar-refractivity contribution in [1.82, 2.24) is 60.0 Å². The zero-order valence-electron chi connectivity index (χ0n) is 82.2. The van der Waals surface area contributed by atoms with Gasteiger partial charge in [0, 0.05) is 154 Å². The summed E-state index contributed by atoms with van der Waals surface area (Å²) in [5, 5.41) is 45.7. The maximum absolute atomic E-state index is 11.6. The van der Waals surface area contributed by atoms with E-state index in [0.29, 0.717) is 28.9 Å². The smallest absolute Gasteiger partial charge is 0.158 e. The summed E-state index contributed by atoms with van der Waals surface area (Å²) in [5.74, 6) is 2.99. The Morgan fingerprint density at radius 2 is 0.638 bits per heavy atom. The van der Waals surface area contributed by atoms with Crippen LogP contribution in [0.3, 0.4) is 0 Å². The van der Waals surface area contributed by atoms with Gasteiger partial charge in [0.15, 0.2) is 11.6 Å². The van der Waals surface area contributed by atoms with Gasteiger partial charge in [-0.1, -0.05) is 196 Å². The summed E-state index contributed by atoms with van der Waals surface area (Å²) in [6, 6.07) is 72.6. The Bertz CT molecular complexity index is 6720. The van der Waals surface area contributed by atoms with E-state index in [1.165, 1.54) is 16.7 Å². The van der Waals surface area contributed by atoms with Crippen molar-refractivity contribution in [2.75, 3.05) is 14.7 Å². The average Bonchev–Trinajstić information content (AvgIpc) is 1.46. The second-order valence-electron chi connectivity index (χ2n) is 40.5. The zero-order valence-corrected chi connectivity index (χ0v) is 91.5. The molecular formula is C114H114N15O3Pt3S3-3. The molecule has 0 aliphatic rings. The normalized spacial score (nSPS) is 11.8. The number of hydrogen-bond acceptors (Lipinski definition) is 21. The fourth-order valence-electron chi connectivity index (χ4n) is 16.9. The van der Waals surface area contributed by atoms with Gasteiger partial charge in [-0.15, -0.1) is 129 Å². The molecule has 18 nitrogen and oxygen atoms in total. The van der Waals surface area contributed by atoms with Crippen LogP contribution in [0.25, 0.3) is 95.7 Å². The fourth-order valence-corrected chi connectivity index (χ4v) is 19.9. The predicted octanol–water partition coefficient (Wildman–Crippen LogP) is 30.0. The minimum absolute atomic E-state index is 0. The second kappa shape index (κ2) is 41.3. The van der Waals surface area contributed by atoms with Crippen LogP contribution in [-0.2, 0) is 95.7 Å². The van der Waals surface area contributed by atoms with E-state index in [2.05, 4.69) is 333 Å². The number of fused-ring (bicyclic) bond motifs is 3. The number of nitrogens with zero attached hydrogens (tertiary/aromatic N) is 15. The van der Waals surface area contributed by atoms with Crippen molar-refractivity contribution in [3.8, 4) is 82.3 Å². The third-order valence-electron chi connectivity index (χ3n) is 24.2. The maximum atomic E-state index is 11.6. The van der Waals surface area contributed by atoms with Crippen LogP contribution in [0.5, 0.6) is 17.2 Å². The van der Waals surface area contributed by atoms with Crippen LogP contribution in [0.1, 0.15) is 192 Å². The molecule has 0 fully saturated rings. The van der Waals surface area contributed by atoms with Crippen molar-refractivity contribution < 1.29 is 78.5 Å². The first-order valence-electron chi connectivity index (χ1n) is 45.4. The van der Waals surface area contributed by atoms with Gasteiger partial charge < -0.3 is 30.0 Å². The van der Waals surface area contributed by atoms with E-state index in [1.54, 1.807) is 71.3 Å². The number of aromatic nitrogens is 12. The zero-order chi connectivity index (χ0) is 96.3. The van der Waals surface area contributed by atoms with Crippen molar-refractivity contribution in [3.05, 3.63) is 323 Å². The number of para-hydroxylation sites is 3. The van der Waals surface area contributed by atoms with Crippen LogP contribution in [-0.4, -0.2) is 75.4 Å². The summed E-state index contributed by atoms with van der Waals surface area (Å²) in [5.41, 5.74) is 27.2. The molecule has 18 rings (SSSR count). The molecule has 0 aliphatic heterocycles. The van der Waals surface area contributed by atoms with Gasteiger partial charge >= 0.3 is 0 Å².